The van der Waals surface area contributed by atoms with Crippen molar-refractivity contribution in [1.82, 2.24) is 14.8 Å². The van der Waals surface area contributed by atoms with E-state index in [1.807, 2.05) is 0 Å². The molecule has 0 spiro atoms. The molecule has 0 aliphatic rings. The van der Waals surface area contributed by atoms with Crippen molar-refractivity contribution < 1.29 is 13.2 Å². The van der Waals surface area contributed by atoms with Crippen LogP contribution < -0.4 is 5.32 Å². The van der Waals surface area contributed by atoms with Crippen molar-refractivity contribution in [3.05, 3.63) is 40.8 Å². The Morgan fingerprint density at radius 1 is 1.32 bits per heavy atom. The van der Waals surface area contributed by atoms with E-state index in [1.54, 1.807) is 19.2 Å². The van der Waals surface area contributed by atoms with Gasteiger partial charge in [0, 0.05) is 13.2 Å². The third-order valence-corrected chi connectivity index (χ3v) is 2.76. The summed E-state index contributed by atoms with van der Waals surface area (Å²) in [5, 5.41) is 6.65. The van der Waals surface area contributed by atoms with E-state index in [9.17, 15) is 13.2 Å². The Morgan fingerprint density at radius 3 is 2.63 bits per heavy atom. The molecule has 8 heteroatoms. The molecule has 0 aliphatic carbocycles. The third kappa shape index (κ3) is 3.17. The molecule has 0 saturated heterocycles. The zero-order valence-corrected chi connectivity index (χ0v) is 10.6. The summed E-state index contributed by atoms with van der Waals surface area (Å²) in [4.78, 5) is 4.17. The number of nitrogens with one attached hydrogen (secondary N) is 1. The lowest BCUT2D eigenvalue weighted by atomic mass is 10.3. The summed E-state index contributed by atoms with van der Waals surface area (Å²) in [6, 6.07) is 4.22. The van der Waals surface area contributed by atoms with Gasteiger partial charge >= 0.3 is 6.18 Å². The van der Waals surface area contributed by atoms with Crippen LogP contribution in [0, 0.1) is 0 Å². The number of rotatable bonds is 3. The van der Waals surface area contributed by atoms with Crippen molar-refractivity contribution in [2.45, 2.75) is 12.7 Å². The molecule has 0 bridgehead atoms. The summed E-state index contributed by atoms with van der Waals surface area (Å²) in [5.74, 6) is 0.586. The first-order chi connectivity index (χ1) is 8.90. The van der Waals surface area contributed by atoms with Gasteiger partial charge in [-0.1, -0.05) is 11.6 Å². The summed E-state index contributed by atoms with van der Waals surface area (Å²) in [6.07, 6.45) is -3.21. The molecule has 19 heavy (non-hydrogen) atoms. The molecule has 0 aliphatic heterocycles. The maximum absolute atomic E-state index is 12.4. The van der Waals surface area contributed by atoms with E-state index in [4.69, 9.17) is 11.6 Å². The first-order valence-electron chi connectivity index (χ1n) is 5.34. The molecule has 102 valence electrons. The van der Waals surface area contributed by atoms with E-state index in [-0.39, 0.29) is 6.54 Å². The van der Waals surface area contributed by atoms with Crippen molar-refractivity contribution in [2.24, 2.45) is 0 Å². The van der Waals surface area contributed by atoms with Crippen LogP contribution in [0.3, 0.4) is 0 Å². The summed E-state index contributed by atoms with van der Waals surface area (Å²) < 4.78 is 38.4. The number of aromatic nitrogens is 3. The predicted octanol–water partition coefficient (Wildman–Crippen LogP) is 3.04. The van der Waals surface area contributed by atoms with Gasteiger partial charge in [0.1, 0.15) is 5.82 Å². The minimum Gasteiger partial charge on any atom is -0.373 e. The summed E-state index contributed by atoms with van der Waals surface area (Å²) in [6.45, 7) is 0.0738. The molecule has 0 radical (unpaired) electrons. The van der Waals surface area contributed by atoms with Crippen LogP contribution in [-0.4, -0.2) is 21.8 Å². The quantitative estimate of drug-likeness (QED) is 0.945. The minimum absolute atomic E-state index is 0.0738. The Labute approximate surface area is 112 Å². The highest BCUT2D eigenvalue weighted by Gasteiger charge is 2.33. The van der Waals surface area contributed by atoms with E-state index < -0.39 is 11.9 Å². The normalized spacial score (nSPS) is 11.6. The van der Waals surface area contributed by atoms with Crippen molar-refractivity contribution >= 4 is 17.4 Å². The predicted molar refractivity (Wildman–Crippen MR) is 65.1 cm³/mol. The molecule has 2 heterocycles. The van der Waals surface area contributed by atoms with Gasteiger partial charge in [-0.05, 0) is 18.2 Å². The van der Waals surface area contributed by atoms with E-state index in [0.29, 0.717) is 16.5 Å². The number of hydrogen-bond donors (Lipinski definition) is 1. The molecule has 1 N–H and O–H groups in total. The largest absolute Gasteiger partial charge is 0.435 e. The molecule has 0 saturated carbocycles. The van der Waals surface area contributed by atoms with Gasteiger partial charge in [0.2, 0.25) is 0 Å². The molecular weight excluding hydrogens is 281 g/mol. The summed E-state index contributed by atoms with van der Waals surface area (Å²) in [5.41, 5.74) is -0.487. The number of anilines is 1. The maximum Gasteiger partial charge on any atom is 0.435 e. The lowest BCUT2D eigenvalue weighted by Gasteiger charge is -2.07. The van der Waals surface area contributed by atoms with Gasteiger partial charge in [0.05, 0.1) is 17.3 Å². The first kappa shape index (κ1) is 13.7. The Balaban J connectivity index is 2.24. The van der Waals surface area contributed by atoms with E-state index in [0.717, 1.165) is 10.7 Å². The fourth-order valence-electron chi connectivity index (χ4n) is 1.49. The maximum atomic E-state index is 12.4. The number of halogens is 4. The average molecular weight is 291 g/mol. The Kier molecular flexibility index (Phi) is 3.66. The first-order valence-corrected chi connectivity index (χ1v) is 5.72. The van der Waals surface area contributed by atoms with Crippen LogP contribution >= 0.6 is 11.6 Å². The Hall–Kier alpha value is -1.76. The molecule has 2 aromatic heterocycles. The summed E-state index contributed by atoms with van der Waals surface area (Å²) >= 11 is 5.95. The molecular formula is C11H10ClF3N4. The lowest BCUT2D eigenvalue weighted by molar-refractivity contribution is -0.141. The summed E-state index contributed by atoms with van der Waals surface area (Å²) in [7, 11) is 1.69. The van der Waals surface area contributed by atoms with Crippen molar-refractivity contribution in [1.29, 1.82) is 0 Å². The molecule has 4 nitrogen and oxygen atoms in total. The highest BCUT2D eigenvalue weighted by Crippen LogP contribution is 2.27. The van der Waals surface area contributed by atoms with Crippen LogP contribution in [0.5, 0.6) is 0 Å². The molecule has 2 rings (SSSR count). The average Bonchev–Trinajstić information content (AvgIpc) is 2.80. The van der Waals surface area contributed by atoms with Crippen LogP contribution in [0.4, 0.5) is 19.0 Å². The number of nitrogens with zero attached hydrogens (tertiary/aromatic N) is 3. The van der Waals surface area contributed by atoms with E-state index in [1.165, 1.54) is 6.20 Å². The van der Waals surface area contributed by atoms with Crippen LogP contribution in [0.1, 0.15) is 11.4 Å². The van der Waals surface area contributed by atoms with Gasteiger partial charge in [0.15, 0.2) is 5.69 Å². The second-order valence-electron chi connectivity index (χ2n) is 3.77. The van der Waals surface area contributed by atoms with E-state index >= 15 is 0 Å². The van der Waals surface area contributed by atoms with Gasteiger partial charge in [-0.25, -0.2) is 4.98 Å². The minimum atomic E-state index is -4.45. The van der Waals surface area contributed by atoms with E-state index in [2.05, 4.69) is 15.4 Å². The third-order valence-electron chi connectivity index (χ3n) is 2.42. The molecule has 0 atom stereocenters. The molecule has 0 fully saturated rings. The smallest absolute Gasteiger partial charge is 0.373 e. The van der Waals surface area contributed by atoms with Crippen LogP contribution in [0.15, 0.2) is 24.4 Å². The van der Waals surface area contributed by atoms with Crippen LogP contribution in [0.25, 0.3) is 0 Å². The monoisotopic (exact) mass is 290 g/mol. The van der Waals surface area contributed by atoms with Crippen molar-refractivity contribution in [2.75, 3.05) is 12.4 Å². The van der Waals surface area contributed by atoms with Crippen molar-refractivity contribution in [3.63, 3.8) is 0 Å². The fourth-order valence-corrected chi connectivity index (χ4v) is 1.65. The topological polar surface area (TPSA) is 42.7 Å². The zero-order chi connectivity index (χ0) is 14.0. The molecule has 0 amide bonds. The number of alkyl halides is 3. The van der Waals surface area contributed by atoms with Crippen molar-refractivity contribution in [3.8, 4) is 0 Å². The molecule has 2 aromatic rings. The van der Waals surface area contributed by atoms with Gasteiger partial charge in [-0.15, -0.1) is 0 Å². The number of pyridine rings is 1. The Morgan fingerprint density at radius 2 is 2.05 bits per heavy atom. The van der Waals surface area contributed by atoms with Gasteiger partial charge in [-0.2, -0.15) is 18.3 Å². The highest BCUT2D eigenvalue weighted by molar-refractivity contribution is 6.31. The second-order valence-corrected chi connectivity index (χ2v) is 4.18. The number of hydrogen-bond acceptors (Lipinski definition) is 3. The standard InChI is InChI=1S/C11H10ClF3N4/c1-16-10-3-2-7(12)8(17-10)6-19-5-4-9(18-19)11(13,14)15/h2-5H,6H2,1H3,(H,16,17). The van der Waals surface area contributed by atoms with Gasteiger partial charge in [0.25, 0.3) is 0 Å². The fraction of sp³-hybridized carbons (Fsp3) is 0.273. The van der Waals surface area contributed by atoms with Gasteiger partial charge < -0.3 is 5.32 Å². The molecule has 0 unspecified atom stereocenters. The van der Waals surface area contributed by atoms with Crippen LogP contribution in [0.2, 0.25) is 5.02 Å². The Bertz CT molecular complexity index is 580. The van der Waals surface area contributed by atoms with Crippen LogP contribution in [-0.2, 0) is 12.7 Å². The van der Waals surface area contributed by atoms with Gasteiger partial charge in [-0.3, -0.25) is 4.68 Å². The molecule has 0 aromatic carbocycles. The highest BCUT2D eigenvalue weighted by atomic mass is 35.5. The zero-order valence-electron chi connectivity index (χ0n) is 9.87. The second kappa shape index (κ2) is 5.08. The SMILES string of the molecule is CNc1ccc(Cl)c(Cn2ccc(C(F)(F)F)n2)n1. The lowest BCUT2D eigenvalue weighted by Crippen LogP contribution is -2.09.